The van der Waals surface area contributed by atoms with Crippen molar-refractivity contribution in [1.82, 2.24) is 5.48 Å². The van der Waals surface area contributed by atoms with Gasteiger partial charge in [-0.25, -0.2) is 9.59 Å². The van der Waals surface area contributed by atoms with Gasteiger partial charge in [-0.2, -0.15) is 5.48 Å². The molecule has 0 rings (SSSR count). The third kappa shape index (κ3) is 6.33. The van der Waals surface area contributed by atoms with Crippen LogP contribution in [0.5, 0.6) is 0 Å². The molecule has 0 aromatic heterocycles. The minimum Gasteiger partial charge on any atom is -0.481 e. The van der Waals surface area contributed by atoms with Crippen LogP contribution in [0.1, 0.15) is 12.8 Å². The van der Waals surface area contributed by atoms with Crippen molar-refractivity contribution < 1.29 is 24.3 Å². The van der Waals surface area contributed by atoms with Gasteiger partial charge in [-0.15, -0.1) is 0 Å². The first-order chi connectivity index (χ1) is 5.52. The number of aliphatic carboxylic acids is 1. The minimum atomic E-state index is -1.12. The number of primary amides is 1. The predicted molar refractivity (Wildman–Crippen MR) is 35.7 cm³/mol. The van der Waals surface area contributed by atoms with Crippen LogP contribution in [0.25, 0.3) is 0 Å². The first kappa shape index (κ1) is 10.2. The van der Waals surface area contributed by atoms with E-state index in [0.29, 0.717) is 0 Å². The Morgan fingerprint density at radius 2 is 1.92 bits per heavy atom. The van der Waals surface area contributed by atoms with Gasteiger partial charge in [0.2, 0.25) is 0 Å². The molecule has 0 saturated carbocycles. The van der Waals surface area contributed by atoms with E-state index in [1.165, 1.54) is 0 Å². The maximum absolute atomic E-state index is 10.5. The lowest BCUT2D eigenvalue weighted by Crippen LogP contribution is -2.31. The zero-order chi connectivity index (χ0) is 9.56. The highest BCUT2D eigenvalue weighted by atomic mass is 16.7. The highest BCUT2D eigenvalue weighted by molar-refractivity contribution is 5.78. The summed E-state index contributed by atoms with van der Waals surface area (Å²) in [6.45, 7) is 0. The standard InChI is InChI=1S/C5H8N2O5/c6-5(11)7-12-4(10)2-1-3(8)9/h1-2H2,(H,8,9)(H3,6,7,11). The summed E-state index contributed by atoms with van der Waals surface area (Å²) in [5.74, 6) is -1.97. The highest BCUT2D eigenvalue weighted by Crippen LogP contribution is 1.90. The van der Waals surface area contributed by atoms with Crippen LogP contribution in [0.4, 0.5) is 4.79 Å². The number of carboxylic acids is 1. The van der Waals surface area contributed by atoms with Crippen molar-refractivity contribution in [2.75, 3.05) is 0 Å². The lowest BCUT2D eigenvalue weighted by molar-refractivity contribution is -0.151. The molecule has 68 valence electrons. The van der Waals surface area contributed by atoms with Crippen LogP contribution in [0.2, 0.25) is 0 Å². The molecule has 0 saturated heterocycles. The zero-order valence-electron chi connectivity index (χ0n) is 6.07. The molecule has 12 heavy (non-hydrogen) atoms. The molecule has 0 radical (unpaired) electrons. The molecule has 0 aromatic rings. The van der Waals surface area contributed by atoms with Crippen molar-refractivity contribution in [3.8, 4) is 0 Å². The third-order valence-electron chi connectivity index (χ3n) is 0.808. The average molecular weight is 176 g/mol. The van der Waals surface area contributed by atoms with E-state index in [2.05, 4.69) is 10.6 Å². The number of carboxylic acid groups (broad SMARTS) is 1. The molecule has 0 spiro atoms. The summed E-state index contributed by atoms with van der Waals surface area (Å²) in [6, 6.07) is -1.02. The van der Waals surface area contributed by atoms with Gasteiger partial charge in [0, 0.05) is 0 Å². The molecule has 0 aromatic carbocycles. The van der Waals surface area contributed by atoms with E-state index >= 15 is 0 Å². The summed E-state index contributed by atoms with van der Waals surface area (Å²) in [5, 5.41) is 8.12. The van der Waals surface area contributed by atoms with Crippen LogP contribution in [-0.4, -0.2) is 23.1 Å². The van der Waals surface area contributed by atoms with Crippen LogP contribution in [0, 0.1) is 0 Å². The first-order valence-corrected chi connectivity index (χ1v) is 2.99. The third-order valence-corrected chi connectivity index (χ3v) is 0.808. The molecule has 0 aliphatic rings. The van der Waals surface area contributed by atoms with E-state index in [1.54, 1.807) is 5.48 Å². The van der Waals surface area contributed by atoms with Crippen LogP contribution >= 0.6 is 0 Å². The van der Waals surface area contributed by atoms with E-state index in [9.17, 15) is 14.4 Å². The largest absolute Gasteiger partial charge is 0.481 e. The molecule has 2 amide bonds. The number of rotatable bonds is 3. The molecule has 0 aliphatic heterocycles. The van der Waals surface area contributed by atoms with Gasteiger partial charge in [-0.05, 0) is 0 Å². The van der Waals surface area contributed by atoms with Crippen molar-refractivity contribution in [2.24, 2.45) is 5.73 Å². The summed E-state index contributed by atoms with van der Waals surface area (Å²) in [5.41, 5.74) is 6.12. The molecule has 7 heteroatoms. The van der Waals surface area contributed by atoms with Crippen molar-refractivity contribution in [3.05, 3.63) is 0 Å². The van der Waals surface area contributed by atoms with Crippen LogP contribution < -0.4 is 11.2 Å². The average Bonchev–Trinajstić information content (AvgIpc) is 1.96. The number of carbonyl (C=O) groups excluding carboxylic acids is 2. The molecule has 4 N–H and O–H groups in total. The number of urea groups is 1. The Balaban J connectivity index is 3.47. The Morgan fingerprint density at radius 1 is 1.33 bits per heavy atom. The second-order valence-electron chi connectivity index (χ2n) is 1.83. The van der Waals surface area contributed by atoms with Gasteiger partial charge in [0.05, 0.1) is 12.8 Å². The predicted octanol–water partition coefficient (Wildman–Crippen LogP) is -1.02. The monoisotopic (exact) mass is 176 g/mol. The fourth-order valence-electron chi connectivity index (χ4n) is 0.367. The molecule has 0 heterocycles. The van der Waals surface area contributed by atoms with Gasteiger partial charge in [0.25, 0.3) is 0 Å². The fraction of sp³-hybridized carbons (Fsp3) is 0.400. The van der Waals surface area contributed by atoms with Crippen molar-refractivity contribution >= 4 is 18.0 Å². The molecule has 0 unspecified atom stereocenters. The Morgan fingerprint density at radius 3 is 2.33 bits per heavy atom. The number of nitrogens with one attached hydrogen (secondary N) is 1. The summed E-state index contributed by atoms with van der Waals surface area (Å²) in [4.78, 5) is 34.4. The lowest BCUT2D eigenvalue weighted by Gasteiger charge is -2.00. The SMILES string of the molecule is NC(=O)NOC(=O)CCC(=O)O. The maximum Gasteiger partial charge on any atom is 0.345 e. The van der Waals surface area contributed by atoms with Crippen molar-refractivity contribution in [1.29, 1.82) is 0 Å². The molecule has 0 atom stereocenters. The van der Waals surface area contributed by atoms with E-state index < -0.39 is 18.0 Å². The Labute approximate surface area is 67.4 Å². The van der Waals surface area contributed by atoms with Crippen molar-refractivity contribution in [3.63, 3.8) is 0 Å². The Bertz CT molecular complexity index is 182. The van der Waals surface area contributed by atoms with E-state index in [0.717, 1.165) is 0 Å². The van der Waals surface area contributed by atoms with Crippen molar-refractivity contribution in [2.45, 2.75) is 12.8 Å². The molecular formula is C5H8N2O5. The second-order valence-corrected chi connectivity index (χ2v) is 1.83. The fourth-order valence-corrected chi connectivity index (χ4v) is 0.367. The number of amides is 2. The molecule has 7 nitrogen and oxygen atoms in total. The number of carbonyl (C=O) groups is 3. The van der Waals surface area contributed by atoms with Gasteiger partial charge >= 0.3 is 18.0 Å². The number of hydroxylamine groups is 1. The van der Waals surface area contributed by atoms with Crippen LogP contribution in [0.15, 0.2) is 0 Å². The molecular weight excluding hydrogens is 168 g/mol. The minimum absolute atomic E-state index is 0.310. The van der Waals surface area contributed by atoms with Gasteiger partial charge in [0.15, 0.2) is 0 Å². The topological polar surface area (TPSA) is 119 Å². The van der Waals surface area contributed by atoms with Gasteiger partial charge in [0.1, 0.15) is 0 Å². The zero-order valence-corrected chi connectivity index (χ0v) is 6.07. The molecule has 0 fully saturated rings. The summed E-state index contributed by atoms with van der Waals surface area (Å²) in [6.07, 6.45) is -0.658. The quantitative estimate of drug-likeness (QED) is 0.475. The van der Waals surface area contributed by atoms with Crippen LogP contribution in [0.3, 0.4) is 0 Å². The first-order valence-electron chi connectivity index (χ1n) is 2.99. The Kier molecular flexibility index (Phi) is 4.20. The van der Waals surface area contributed by atoms with E-state index in [1.807, 2.05) is 0 Å². The van der Waals surface area contributed by atoms with Crippen LogP contribution in [-0.2, 0) is 14.4 Å². The molecule has 0 aliphatic carbocycles. The number of hydrogen-bond acceptors (Lipinski definition) is 4. The maximum atomic E-state index is 10.5. The normalized spacial score (nSPS) is 8.67. The Hall–Kier alpha value is -1.79. The summed E-state index contributed by atoms with van der Waals surface area (Å²) >= 11 is 0. The number of hydrogen-bond donors (Lipinski definition) is 3. The van der Waals surface area contributed by atoms with Gasteiger partial charge in [-0.1, -0.05) is 0 Å². The van der Waals surface area contributed by atoms with E-state index in [-0.39, 0.29) is 12.8 Å². The van der Waals surface area contributed by atoms with E-state index in [4.69, 9.17) is 5.11 Å². The van der Waals surface area contributed by atoms with Gasteiger partial charge < -0.3 is 15.7 Å². The molecule has 0 bridgehead atoms. The second kappa shape index (κ2) is 4.94. The lowest BCUT2D eigenvalue weighted by atomic mass is 10.3. The summed E-state index contributed by atoms with van der Waals surface area (Å²) < 4.78 is 0. The van der Waals surface area contributed by atoms with Gasteiger partial charge in [-0.3, -0.25) is 4.79 Å². The number of nitrogens with two attached hydrogens (primary N) is 1. The smallest absolute Gasteiger partial charge is 0.345 e. The highest BCUT2D eigenvalue weighted by Gasteiger charge is 2.07. The summed E-state index contributed by atoms with van der Waals surface area (Å²) in [7, 11) is 0.